The Kier molecular flexibility index (Phi) is 7.65. The first-order valence-electron chi connectivity index (χ1n) is 10.2. The van der Waals surface area contributed by atoms with Gasteiger partial charge in [0.05, 0.1) is 19.9 Å². The van der Waals surface area contributed by atoms with Gasteiger partial charge in [0.25, 0.3) is 0 Å². The topological polar surface area (TPSA) is 67.5 Å². The minimum Gasteiger partial charge on any atom is -0.493 e. The molecule has 0 radical (unpaired) electrons. The summed E-state index contributed by atoms with van der Waals surface area (Å²) in [5.41, 5.74) is 3.45. The summed E-state index contributed by atoms with van der Waals surface area (Å²) < 4.78 is 23.9. The van der Waals surface area contributed by atoms with Crippen molar-refractivity contribution in [3.05, 3.63) is 65.6 Å². The lowest BCUT2D eigenvalue weighted by molar-refractivity contribution is -0.129. The Balaban J connectivity index is 1.44. The summed E-state index contributed by atoms with van der Waals surface area (Å²) in [6.07, 6.45) is 2.64. The van der Waals surface area contributed by atoms with Gasteiger partial charge in [0.15, 0.2) is 11.5 Å². The molecule has 1 aromatic heterocycles. The van der Waals surface area contributed by atoms with Crippen LogP contribution in [0.3, 0.4) is 0 Å². The highest BCUT2D eigenvalue weighted by molar-refractivity contribution is 5.76. The quantitative estimate of drug-likeness (QED) is 0.527. The van der Waals surface area contributed by atoms with Crippen molar-refractivity contribution in [2.75, 3.05) is 27.8 Å². The highest BCUT2D eigenvalue weighted by atomic mass is 19.1. The van der Waals surface area contributed by atoms with Crippen LogP contribution in [0.2, 0.25) is 0 Å². The Bertz CT molecular complexity index is 1020. The van der Waals surface area contributed by atoms with Gasteiger partial charge in [0.1, 0.15) is 5.82 Å². The lowest BCUT2D eigenvalue weighted by Gasteiger charge is -2.17. The lowest BCUT2D eigenvalue weighted by atomic mass is 10.1. The fourth-order valence-corrected chi connectivity index (χ4v) is 3.40. The van der Waals surface area contributed by atoms with Crippen molar-refractivity contribution in [2.45, 2.75) is 25.7 Å². The molecule has 0 spiro atoms. The van der Waals surface area contributed by atoms with Crippen molar-refractivity contribution in [1.29, 1.82) is 0 Å². The van der Waals surface area contributed by atoms with Gasteiger partial charge in [-0.25, -0.2) is 4.39 Å². The monoisotopic (exact) mass is 425 g/mol. The van der Waals surface area contributed by atoms with E-state index in [1.54, 1.807) is 25.2 Å². The third kappa shape index (κ3) is 6.07. The second-order valence-electron chi connectivity index (χ2n) is 7.40. The standard InChI is InChI=1S/C24H28FN3O3/c1-28(24(29)12-10-17-9-11-22(30-2)23(14-17)31-3)13-5-8-20-16-21(27-26-20)18-6-4-7-19(25)15-18/h4,6-7,9,11,14-16H,5,8,10,12-13H2,1-3H3,(H,26,27). The van der Waals surface area contributed by atoms with E-state index in [0.717, 1.165) is 29.7 Å². The zero-order valence-electron chi connectivity index (χ0n) is 18.2. The van der Waals surface area contributed by atoms with Crippen LogP contribution in [0.4, 0.5) is 4.39 Å². The average molecular weight is 426 g/mol. The summed E-state index contributed by atoms with van der Waals surface area (Å²) in [7, 11) is 5.02. The van der Waals surface area contributed by atoms with Crippen LogP contribution in [0, 0.1) is 5.82 Å². The molecule has 7 heteroatoms. The first kappa shape index (κ1) is 22.3. The SMILES string of the molecule is COc1ccc(CCC(=O)N(C)CCCc2cc(-c3cccc(F)c3)n[nH]2)cc1OC. The third-order valence-corrected chi connectivity index (χ3v) is 5.19. The van der Waals surface area contributed by atoms with Gasteiger partial charge in [0.2, 0.25) is 5.91 Å². The number of nitrogens with one attached hydrogen (secondary N) is 1. The number of aromatic amines is 1. The van der Waals surface area contributed by atoms with Crippen LogP contribution in [0.1, 0.15) is 24.1 Å². The zero-order chi connectivity index (χ0) is 22.2. The van der Waals surface area contributed by atoms with Crippen LogP contribution < -0.4 is 9.47 Å². The van der Waals surface area contributed by atoms with Gasteiger partial charge >= 0.3 is 0 Å². The van der Waals surface area contributed by atoms with Gasteiger partial charge in [0, 0.05) is 31.3 Å². The fraction of sp³-hybridized carbons (Fsp3) is 0.333. The molecule has 0 saturated heterocycles. The van der Waals surface area contributed by atoms with Crippen molar-refractivity contribution < 1.29 is 18.7 Å². The number of carbonyl (C=O) groups is 1. The minimum absolute atomic E-state index is 0.0971. The number of halogens is 1. The fourth-order valence-electron chi connectivity index (χ4n) is 3.40. The predicted octanol–water partition coefficient (Wildman–Crippen LogP) is 4.26. The molecule has 0 saturated carbocycles. The number of rotatable bonds is 10. The molecule has 6 nitrogen and oxygen atoms in total. The molecule has 3 rings (SSSR count). The predicted molar refractivity (Wildman–Crippen MR) is 118 cm³/mol. The van der Waals surface area contributed by atoms with E-state index >= 15 is 0 Å². The van der Waals surface area contributed by atoms with Crippen LogP contribution in [-0.2, 0) is 17.6 Å². The van der Waals surface area contributed by atoms with Crippen LogP contribution in [0.25, 0.3) is 11.3 Å². The summed E-state index contributed by atoms with van der Waals surface area (Å²) >= 11 is 0. The van der Waals surface area contributed by atoms with Crippen molar-refractivity contribution in [3.63, 3.8) is 0 Å². The molecule has 1 N–H and O–H groups in total. The van der Waals surface area contributed by atoms with Gasteiger partial charge < -0.3 is 14.4 Å². The molecular weight excluding hydrogens is 397 g/mol. The molecule has 1 amide bonds. The molecule has 0 fully saturated rings. The number of H-pyrrole nitrogens is 1. The maximum absolute atomic E-state index is 13.4. The second-order valence-corrected chi connectivity index (χ2v) is 7.40. The second kappa shape index (κ2) is 10.6. The van der Waals surface area contributed by atoms with E-state index in [4.69, 9.17) is 9.47 Å². The van der Waals surface area contributed by atoms with Gasteiger partial charge in [-0.1, -0.05) is 18.2 Å². The van der Waals surface area contributed by atoms with Gasteiger partial charge in [-0.2, -0.15) is 5.10 Å². The Morgan fingerprint density at radius 1 is 1.06 bits per heavy atom. The van der Waals surface area contributed by atoms with E-state index in [2.05, 4.69) is 10.2 Å². The molecule has 3 aromatic rings. The molecule has 0 bridgehead atoms. The molecule has 0 aliphatic rings. The number of amides is 1. The molecule has 164 valence electrons. The molecule has 0 unspecified atom stereocenters. The first-order valence-corrected chi connectivity index (χ1v) is 10.2. The third-order valence-electron chi connectivity index (χ3n) is 5.19. The number of methoxy groups -OCH3 is 2. The largest absolute Gasteiger partial charge is 0.493 e. The number of hydrogen-bond donors (Lipinski definition) is 1. The normalized spacial score (nSPS) is 10.7. The molecule has 2 aromatic carbocycles. The van der Waals surface area contributed by atoms with Crippen molar-refractivity contribution in [1.82, 2.24) is 15.1 Å². The van der Waals surface area contributed by atoms with Gasteiger partial charge in [-0.3, -0.25) is 9.89 Å². The Hall–Kier alpha value is -3.35. The van der Waals surface area contributed by atoms with E-state index in [1.807, 2.05) is 37.4 Å². The summed E-state index contributed by atoms with van der Waals surface area (Å²) in [5.74, 6) is 1.15. The van der Waals surface area contributed by atoms with Crippen molar-refractivity contribution >= 4 is 5.91 Å². The molecule has 0 aliphatic heterocycles. The number of nitrogens with zero attached hydrogens (tertiary/aromatic N) is 2. The number of benzene rings is 2. The maximum atomic E-state index is 13.4. The van der Waals surface area contributed by atoms with E-state index in [1.165, 1.54) is 12.1 Å². The Labute approximate surface area is 182 Å². The van der Waals surface area contributed by atoms with E-state index < -0.39 is 0 Å². The number of aromatic nitrogens is 2. The summed E-state index contributed by atoms with van der Waals surface area (Å²) in [4.78, 5) is 14.2. The molecule has 0 atom stereocenters. The minimum atomic E-state index is -0.282. The zero-order valence-corrected chi connectivity index (χ0v) is 18.2. The van der Waals surface area contributed by atoms with Crippen LogP contribution in [0.5, 0.6) is 11.5 Å². The summed E-state index contributed by atoms with van der Waals surface area (Å²) in [5, 5.41) is 7.25. The smallest absolute Gasteiger partial charge is 0.222 e. The number of ether oxygens (including phenoxy) is 2. The van der Waals surface area contributed by atoms with Crippen molar-refractivity contribution in [2.24, 2.45) is 0 Å². The Morgan fingerprint density at radius 3 is 2.61 bits per heavy atom. The number of carbonyl (C=O) groups excluding carboxylic acids is 1. The van der Waals surface area contributed by atoms with E-state index in [9.17, 15) is 9.18 Å². The van der Waals surface area contributed by atoms with Gasteiger partial charge in [-0.05, 0) is 55.2 Å². The van der Waals surface area contributed by atoms with Crippen LogP contribution >= 0.6 is 0 Å². The van der Waals surface area contributed by atoms with E-state index in [-0.39, 0.29) is 11.7 Å². The van der Waals surface area contributed by atoms with Crippen LogP contribution in [0.15, 0.2) is 48.5 Å². The summed E-state index contributed by atoms with van der Waals surface area (Å²) in [6.45, 7) is 0.652. The molecule has 31 heavy (non-hydrogen) atoms. The first-order chi connectivity index (χ1) is 15.0. The van der Waals surface area contributed by atoms with E-state index in [0.29, 0.717) is 36.6 Å². The number of hydrogen-bond acceptors (Lipinski definition) is 4. The molecule has 1 heterocycles. The Morgan fingerprint density at radius 2 is 1.87 bits per heavy atom. The number of aryl methyl sites for hydroxylation is 2. The summed E-state index contributed by atoms with van der Waals surface area (Å²) in [6, 6.07) is 14.0. The van der Waals surface area contributed by atoms with Gasteiger partial charge in [-0.15, -0.1) is 0 Å². The van der Waals surface area contributed by atoms with Crippen molar-refractivity contribution in [3.8, 4) is 22.8 Å². The highest BCUT2D eigenvalue weighted by Crippen LogP contribution is 2.28. The average Bonchev–Trinajstić information content (AvgIpc) is 3.26. The molecule has 0 aliphatic carbocycles. The highest BCUT2D eigenvalue weighted by Gasteiger charge is 2.11. The lowest BCUT2D eigenvalue weighted by Crippen LogP contribution is -2.28. The van der Waals surface area contributed by atoms with Crippen LogP contribution in [-0.4, -0.2) is 48.8 Å². The molecular formula is C24H28FN3O3. The maximum Gasteiger partial charge on any atom is 0.222 e.